The minimum atomic E-state index is -0.602. The number of benzene rings is 1. The van der Waals surface area contributed by atoms with Crippen LogP contribution in [0.5, 0.6) is 0 Å². The molecular weight excluding hydrogens is 252 g/mol. The van der Waals surface area contributed by atoms with Gasteiger partial charge in [-0.25, -0.2) is 0 Å². The monoisotopic (exact) mass is 266 g/mol. The second-order valence-electron chi connectivity index (χ2n) is 3.91. The molecule has 2 aromatic rings. The summed E-state index contributed by atoms with van der Waals surface area (Å²) >= 11 is 6.00. The summed E-state index contributed by atoms with van der Waals surface area (Å²) in [5.41, 5.74) is 0.743. The predicted molar refractivity (Wildman–Crippen MR) is 69.3 cm³/mol. The van der Waals surface area contributed by atoms with Crippen molar-refractivity contribution in [1.82, 2.24) is 20.3 Å². The number of halogens is 1. The van der Waals surface area contributed by atoms with Crippen molar-refractivity contribution in [2.24, 2.45) is 0 Å². The van der Waals surface area contributed by atoms with Crippen LogP contribution in [-0.2, 0) is 6.54 Å². The Kier molecular flexibility index (Phi) is 4.69. The van der Waals surface area contributed by atoms with Crippen LogP contribution in [0.1, 0.15) is 11.7 Å². The minimum Gasteiger partial charge on any atom is -0.387 e. The summed E-state index contributed by atoms with van der Waals surface area (Å²) in [5, 5.41) is 21.3. The van der Waals surface area contributed by atoms with Gasteiger partial charge in [0.15, 0.2) is 0 Å². The third kappa shape index (κ3) is 3.53. The van der Waals surface area contributed by atoms with Crippen molar-refractivity contribution in [2.45, 2.75) is 12.6 Å². The summed E-state index contributed by atoms with van der Waals surface area (Å²) in [4.78, 5) is 0. The molecular formula is C12H15ClN4O. The quantitative estimate of drug-likeness (QED) is 0.773. The average Bonchev–Trinajstić information content (AvgIpc) is 2.88. The third-order valence-corrected chi connectivity index (χ3v) is 2.94. The standard InChI is InChI=1S/C12H15ClN4O/c13-11-4-2-1-3-10(11)12(18)9-14-5-7-17-8-6-15-16-17/h1-4,6,8,12,14,18H,5,7,9H2. The molecule has 6 heteroatoms. The number of aliphatic hydroxyl groups is 1. The average molecular weight is 267 g/mol. The molecule has 18 heavy (non-hydrogen) atoms. The molecule has 2 N–H and O–H groups in total. The highest BCUT2D eigenvalue weighted by atomic mass is 35.5. The first-order valence-electron chi connectivity index (χ1n) is 5.74. The van der Waals surface area contributed by atoms with Crippen molar-refractivity contribution in [3.63, 3.8) is 0 Å². The van der Waals surface area contributed by atoms with E-state index in [2.05, 4.69) is 15.6 Å². The number of hydrogen-bond acceptors (Lipinski definition) is 4. The van der Waals surface area contributed by atoms with E-state index < -0.39 is 6.10 Å². The molecule has 0 aliphatic rings. The highest BCUT2D eigenvalue weighted by molar-refractivity contribution is 6.31. The fraction of sp³-hybridized carbons (Fsp3) is 0.333. The van der Waals surface area contributed by atoms with E-state index >= 15 is 0 Å². The van der Waals surface area contributed by atoms with Crippen molar-refractivity contribution < 1.29 is 5.11 Å². The second kappa shape index (κ2) is 6.49. The maximum Gasteiger partial charge on any atom is 0.0928 e. The van der Waals surface area contributed by atoms with E-state index in [9.17, 15) is 5.11 Å². The smallest absolute Gasteiger partial charge is 0.0928 e. The first kappa shape index (κ1) is 13.0. The lowest BCUT2D eigenvalue weighted by atomic mass is 10.1. The Bertz CT molecular complexity index is 475. The van der Waals surface area contributed by atoms with Gasteiger partial charge in [0.25, 0.3) is 0 Å². The molecule has 1 unspecified atom stereocenters. The van der Waals surface area contributed by atoms with Gasteiger partial charge in [-0.3, -0.25) is 4.68 Å². The van der Waals surface area contributed by atoms with E-state index in [1.165, 1.54) is 0 Å². The van der Waals surface area contributed by atoms with Gasteiger partial charge in [-0.1, -0.05) is 35.0 Å². The Morgan fingerprint density at radius 3 is 2.94 bits per heavy atom. The first-order valence-corrected chi connectivity index (χ1v) is 6.12. The van der Waals surface area contributed by atoms with Crippen LogP contribution in [0.3, 0.4) is 0 Å². The van der Waals surface area contributed by atoms with Crippen LogP contribution < -0.4 is 5.32 Å². The summed E-state index contributed by atoms with van der Waals surface area (Å²) in [6.45, 7) is 1.89. The van der Waals surface area contributed by atoms with Gasteiger partial charge in [0.05, 0.1) is 18.8 Å². The molecule has 0 spiro atoms. The van der Waals surface area contributed by atoms with Crippen molar-refractivity contribution in [3.8, 4) is 0 Å². The molecule has 2 rings (SSSR count). The number of rotatable bonds is 6. The Morgan fingerprint density at radius 1 is 1.39 bits per heavy atom. The van der Waals surface area contributed by atoms with E-state index in [1.807, 2.05) is 18.2 Å². The molecule has 1 atom stereocenters. The highest BCUT2D eigenvalue weighted by Crippen LogP contribution is 2.21. The second-order valence-corrected chi connectivity index (χ2v) is 4.31. The SMILES string of the molecule is OC(CNCCn1ccnn1)c1ccccc1Cl. The van der Waals surface area contributed by atoms with Crippen LogP contribution in [0.15, 0.2) is 36.7 Å². The lowest BCUT2D eigenvalue weighted by Gasteiger charge is -2.13. The summed E-state index contributed by atoms with van der Waals surface area (Å²) in [5.74, 6) is 0. The van der Waals surface area contributed by atoms with Gasteiger partial charge in [0, 0.05) is 29.9 Å². The fourth-order valence-corrected chi connectivity index (χ4v) is 1.90. The molecule has 0 fully saturated rings. The van der Waals surface area contributed by atoms with Crippen LogP contribution >= 0.6 is 11.6 Å². The molecule has 1 aromatic heterocycles. The van der Waals surface area contributed by atoms with Crippen molar-refractivity contribution in [2.75, 3.05) is 13.1 Å². The largest absolute Gasteiger partial charge is 0.387 e. The third-order valence-electron chi connectivity index (χ3n) is 2.59. The molecule has 0 aliphatic carbocycles. The van der Waals surface area contributed by atoms with Crippen molar-refractivity contribution >= 4 is 11.6 Å². The van der Waals surface area contributed by atoms with Gasteiger partial charge in [-0.05, 0) is 6.07 Å². The van der Waals surface area contributed by atoms with E-state index in [0.717, 1.165) is 12.1 Å². The van der Waals surface area contributed by atoms with Gasteiger partial charge in [0.1, 0.15) is 0 Å². The van der Waals surface area contributed by atoms with E-state index in [1.54, 1.807) is 23.1 Å². The summed E-state index contributed by atoms with van der Waals surface area (Å²) in [6.07, 6.45) is 2.83. The summed E-state index contributed by atoms with van der Waals surface area (Å²) < 4.78 is 1.73. The van der Waals surface area contributed by atoms with E-state index in [4.69, 9.17) is 11.6 Å². The highest BCUT2D eigenvalue weighted by Gasteiger charge is 2.09. The van der Waals surface area contributed by atoms with Gasteiger partial charge < -0.3 is 10.4 Å². The topological polar surface area (TPSA) is 63.0 Å². The van der Waals surface area contributed by atoms with Gasteiger partial charge in [0.2, 0.25) is 0 Å². The number of aliphatic hydroxyl groups excluding tert-OH is 1. The van der Waals surface area contributed by atoms with Crippen LogP contribution in [0.2, 0.25) is 5.02 Å². The Balaban J connectivity index is 1.75. The molecule has 0 bridgehead atoms. The zero-order valence-corrected chi connectivity index (χ0v) is 10.6. The Morgan fingerprint density at radius 2 is 2.22 bits per heavy atom. The van der Waals surface area contributed by atoms with Crippen LogP contribution in [0.25, 0.3) is 0 Å². The lowest BCUT2D eigenvalue weighted by molar-refractivity contribution is 0.174. The van der Waals surface area contributed by atoms with E-state index in [-0.39, 0.29) is 0 Å². The van der Waals surface area contributed by atoms with E-state index in [0.29, 0.717) is 18.1 Å². The molecule has 0 saturated carbocycles. The lowest BCUT2D eigenvalue weighted by Crippen LogP contribution is -2.25. The van der Waals surface area contributed by atoms with Crippen molar-refractivity contribution in [3.05, 3.63) is 47.2 Å². The number of aromatic nitrogens is 3. The maximum atomic E-state index is 9.98. The molecule has 96 valence electrons. The number of nitrogens with one attached hydrogen (secondary N) is 1. The van der Waals surface area contributed by atoms with Crippen LogP contribution in [-0.4, -0.2) is 33.2 Å². The Labute approximate surface area is 110 Å². The van der Waals surface area contributed by atoms with Crippen LogP contribution in [0.4, 0.5) is 0 Å². The molecule has 0 saturated heterocycles. The zero-order valence-electron chi connectivity index (χ0n) is 9.83. The predicted octanol–water partition coefficient (Wildman–Crippen LogP) is 1.25. The van der Waals surface area contributed by atoms with Crippen molar-refractivity contribution in [1.29, 1.82) is 0 Å². The molecule has 0 amide bonds. The minimum absolute atomic E-state index is 0.457. The Hall–Kier alpha value is -1.43. The maximum absolute atomic E-state index is 9.98. The molecule has 5 nitrogen and oxygen atoms in total. The molecule has 1 heterocycles. The van der Waals surface area contributed by atoms with Gasteiger partial charge in [-0.2, -0.15) is 0 Å². The molecule has 0 radical (unpaired) electrons. The first-order chi connectivity index (χ1) is 8.77. The normalized spacial score (nSPS) is 12.6. The van der Waals surface area contributed by atoms with Gasteiger partial charge >= 0.3 is 0 Å². The van der Waals surface area contributed by atoms with Crippen LogP contribution in [0, 0.1) is 0 Å². The van der Waals surface area contributed by atoms with Gasteiger partial charge in [-0.15, -0.1) is 5.10 Å². The summed E-state index contributed by atoms with van der Waals surface area (Å²) in [7, 11) is 0. The zero-order chi connectivity index (χ0) is 12.8. The molecule has 0 aliphatic heterocycles. The number of nitrogens with zero attached hydrogens (tertiary/aromatic N) is 3. The fourth-order valence-electron chi connectivity index (χ4n) is 1.64. The molecule has 1 aromatic carbocycles. The summed E-state index contributed by atoms with van der Waals surface area (Å²) in [6, 6.07) is 7.30. The number of hydrogen-bond donors (Lipinski definition) is 2.